The third kappa shape index (κ3) is 5.42. The Morgan fingerprint density at radius 3 is 2.38 bits per heavy atom. The Hall–Kier alpha value is -2.27. The zero-order valence-electron chi connectivity index (χ0n) is 14.3. The van der Waals surface area contributed by atoms with E-state index in [0.717, 1.165) is 30.7 Å². The lowest BCUT2D eigenvalue weighted by Crippen LogP contribution is -2.41. The van der Waals surface area contributed by atoms with E-state index in [-0.39, 0.29) is 5.92 Å². The quantitative estimate of drug-likeness (QED) is 0.741. The number of hydrogen-bond donors (Lipinski definition) is 2. The van der Waals surface area contributed by atoms with Gasteiger partial charge in [-0.3, -0.25) is 10.1 Å². The van der Waals surface area contributed by atoms with Crippen LogP contribution in [0.15, 0.2) is 42.7 Å². The van der Waals surface area contributed by atoms with Crippen LogP contribution < -0.4 is 5.32 Å². The zero-order chi connectivity index (χ0) is 17.4. The molecule has 0 unspecified atom stereocenters. The molecule has 24 heavy (non-hydrogen) atoms. The van der Waals surface area contributed by atoms with E-state index in [0.29, 0.717) is 6.54 Å². The highest BCUT2D eigenvalue weighted by molar-refractivity contribution is 5.73. The molecule has 0 bridgehead atoms. The molecule has 1 heterocycles. The summed E-state index contributed by atoms with van der Waals surface area (Å²) in [6.45, 7) is 4.39. The van der Waals surface area contributed by atoms with Crippen LogP contribution in [0, 0.1) is 5.92 Å². The van der Waals surface area contributed by atoms with Gasteiger partial charge in [0.05, 0.1) is 0 Å². The maximum absolute atomic E-state index is 11.3. The lowest BCUT2D eigenvalue weighted by atomic mass is 9.99. The summed E-state index contributed by atoms with van der Waals surface area (Å²) >= 11 is 0. The molecule has 5 heteroatoms. The van der Waals surface area contributed by atoms with E-state index in [1.807, 2.05) is 32.0 Å². The summed E-state index contributed by atoms with van der Waals surface area (Å²) in [4.78, 5) is 20.1. The van der Waals surface area contributed by atoms with Crippen LogP contribution in [0.2, 0.25) is 0 Å². The molecule has 2 N–H and O–H groups in total. The molecule has 0 fully saturated rings. The van der Waals surface area contributed by atoms with Crippen molar-refractivity contribution in [3.63, 3.8) is 0 Å². The Kier molecular flexibility index (Phi) is 6.88. The minimum Gasteiger partial charge on any atom is -0.480 e. The van der Waals surface area contributed by atoms with E-state index in [2.05, 4.69) is 27.4 Å². The summed E-state index contributed by atoms with van der Waals surface area (Å²) in [5.74, 6) is 0.0672. The molecule has 0 saturated heterocycles. The van der Waals surface area contributed by atoms with Crippen molar-refractivity contribution in [2.45, 2.75) is 45.7 Å². The van der Waals surface area contributed by atoms with Crippen molar-refractivity contribution < 1.29 is 9.90 Å². The van der Waals surface area contributed by atoms with Crippen LogP contribution >= 0.6 is 0 Å². The second-order valence-electron chi connectivity index (χ2n) is 6.08. The highest BCUT2D eigenvalue weighted by Crippen LogP contribution is 2.09. The Balaban J connectivity index is 1.86. The standard InChI is InChI=1S/C19H25N3O2/c1-3-14(2)18(19(23)24)22-13-16-11-20-17(21-12-16)10-9-15-7-5-4-6-8-15/h4-8,11-12,14,18,22H,3,9-10,13H2,1-2H3,(H,23,24)/t14-,18+/m0/s1. The number of nitrogens with one attached hydrogen (secondary N) is 1. The van der Waals surface area contributed by atoms with Crippen LogP contribution in [0.3, 0.4) is 0 Å². The fourth-order valence-electron chi connectivity index (χ4n) is 2.50. The third-order valence-corrected chi connectivity index (χ3v) is 4.24. The van der Waals surface area contributed by atoms with Gasteiger partial charge >= 0.3 is 5.97 Å². The summed E-state index contributed by atoms with van der Waals surface area (Å²) in [5.41, 5.74) is 2.16. The number of carboxylic acids is 1. The fraction of sp³-hybridized carbons (Fsp3) is 0.421. The largest absolute Gasteiger partial charge is 0.480 e. The number of aryl methyl sites for hydroxylation is 2. The summed E-state index contributed by atoms with van der Waals surface area (Å²) in [6, 6.07) is 9.71. The molecule has 2 atom stereocenters. The second-order valence-corrected chi connectivity index (χ2v) is 6.08. The topological polar surface area (TPSA) is 75.1 Å². The van der Waals surface area contributed by atoms with Crippen molar-refractivity contribution in [3.05, 3.63) is 59.7 Å². The number of hydrogen-bond acceptors (Lipinski definition) is 4. The highest BCUT2D eigenvalue weighted by atomic mass is 16.4. The average Bonchev–Trinajstić information content (AvgIpc) is 2.61. The van der Waals surface area contributed by atoms with Gasteiger partial charge in [0.2, 0.25) is 0 Å². The van der Waals surface area contributed by atoms with Gasteiger partial charge in [0, 0.05) is 30.9 Å². The van der Waals surface area contributed by atoms with E-state index in [4.69, 9.17) is 0 Å². The molecule has 0 amide bonds. The van der Waals surface area contributed by atoms with Crippen LogP contribution in [-0.4, -0.2) is 27.1 Å². The van der Waals surface area contributed by atoms with Crippen LogP contribution in [0.5, 0.6) is 0 Å². The second kappa shape index (κ2) is 9.13. The lowest BCUT2D eigenvalue weighted by Gasteiger charge is -2.20. The molecule has 0 aliphatic heterocycles. The first kappa shape index (κ1) is 18.1. The molecule has 0 radical (unpaired) electrons. The molecule has 1 aromatic heterocycles. The van der Waals surface area contributed by atoms with Gasteiger partial charge in [-0.25, -0.2) is 9.97 Å². The number of nitrogens with zero attached hydrogens (tertiary/aromatic N) is 2. The molecule has 0 spiro atoms. The molecule has 5 nitrogen and oxygen atoms in total. The Bertz CT molecular complexity index is 629. The monoisotopic (exact) mass is 327 g/mol. The molecule has 2 aromatic rings. The van der Waals surface area contributed by atoms with Crippen molar-refractivity contribution in [2.75, 3.05) is 0 Å². The first-order chi connectivity index (χ1) is 11.6. The van der Waals surface area contributed by atoms with Crippen molar-refractivity contribution in [2.24, 2.45) is 5.92 Å². The normalized spacial score (nSPS) is 13.4. The highest BCUT2D eigenvalue weighted by Gasteiger charge is 2.22. The molecule has 0 aliphatic rings. The molecule has 0 saturated carbocycles. The van der Waals surface area contributed by atoms with Gasteiger partial charge in [-0.05, 0) is 17.9 Å². The van der Waals surface area contributed by atoms with Gasteiger partial charge < -0.3 is 5.11 Å². The van der Waals surface area contributed by atoms with Crippen molar-refractivity contribution >= 4 is 5.97 Å². The molecule has 2 rings (SSSR count). The van der Waals surface area contributed by atoms with Gasteiger partial charge in [0.1, 0.15) is 11.9 Å². The maximum atomic E-state index is 11.3. The van der Waals surface area contributed by atoms with Gasteiger partial charge in [-0.15, -0.1) is 0 Å². The van der Waals surface area contributed by atoms with Crippen LogP contribution in [0.4, 0.5) is 0 Å². The number of benzene rings is 1. The van der Waals surface area contributed by atoms with Crippen molar-refractivity contribution in [1.82, 2.24) is 15.3 Å². The number of aromatic nitrogens is 2. The first-order valence-electron chi connectivity index (χ1n) is 8.40. The molecular formula is C19H25N3O2. The minimum absolute atomic E-state index is 0.0774. The lowest BCUT2D eigenvalue weighted by molar-refractivity contribution is -0.140. The van der Waals surface area contributed by atoms with Gasteiger partial charge in [-0.2, -0.15) is 0 Å². The average molecular weight is 327 g/mol. The predicted octanol–water partition coefficient (Wildman–Crippen LogP) is 2.85. The predicted molar refractivity (Wildman–Crippen MR) is 93.6 cm³/mol. The van der Waals surface area contributed by atoms with Gasteiger partial charge in [0.25, 0.3) is 0 Å². The van der Waals surface area contributed by atoms with E-state index < -0.39 is 12.0 Å². The number of carboxylic acid groups (broad SMARTS) is 1. The van der Waals surface area contributed by atoms with E-state index in [9.17, 15) is 9.90 Å². The molecule has 1 aromatic carbocycles. The summed E-state index contributed by atoms with van der Waals surface area (Å²) in [5, 5.41) is 12.4. The van der Waals surface area contributed by atoms with E-state index >= 15 is 0 Å². The van der Waals surface area contributed by atoms with Crippen molar-refractivity contribution in [3.8, 4) is 0 Å². The zero-order valence-corrected chi connectivity index (χ0v) is 14.3. The molecular weight excluding hydrogens is 302 g/mol. The Morgan fingerprint density at radius 1 is 1.12 bits per heavy atom. The summed E-state index contributed by atoms with van der Waals surface area (Å²) in [7, 11) is 0. The Labute approximate surface area is 143 Å². The number of rotatable bonds is 9. The smallest absolute Gasteiger partial charge is 0.320 e. The minimum atomic E-state index is -0.815. The van der Waals surface area contributed by atoms with Gasteiger partial charge in [0.15, 0.2) is 0 Å². The number of aliphatic carboxylic acids is 1. The van der Waals surface area contributed by atoms with Crippen LogP contribution in [0.1, 0.15) is 37.2 Å². The fourth-order valence-corrected chi connectivity index (χ4v) is 2.50. The summed E-state index contributed by atoms with van der Waals surface area (Å²) < 4.78 is 0. The SMILES string of the molecule is CC[C@H](C)[C@@H](NCc1cnc(CCc2ccccc2)nc1)C(=O)O. The molecule has 0 aliphatic carbocycles. The van der Waals surface area contributed by atoms with Crippen molar-refractivity contribution in [1.29, 1.82) is 0 Å². The van der Waals surface area contributed by atoms with E-state index in [1.165, 1.54) is 5.56 Å². The summed E-state index contributed by atoms with van der Waals surface area (Å²) in [6.07, 6.45) is 6.07. The molecule has 128 valence electrons. The Morgan fingerprint density at radius 2 is 1.79 bits per heavy atom. The van der Waals surface area contributed by atoms with Gasteiger partial charge in [-0.1, -0.05) is 50.6 Å². The van der Waals surface area contributed by atoms with E-state index in [1.54, 1.807) is 12.4 Å². The maximum Gasteiger partial charge on any atom is 0.320 e. The third-order valence-electron chi connectivity index (χ3n) is 4.24. The van der Waals surface area contributed by atoms with Crippen LogP contribution in [-0.2, 0) is 24.2 Å². The first-order valence-corrected chi connectivity index (χ1v) is 8.40. The van der Waals surface area contributed by atoms with Crippen LogP contribution in [0.25, 0.3) is 0 Å². The number of carbonyl (C=O) groups is 1.